The molecule has 3 nitrogen and oxygen atoms in total. The molecule has 0 N–H and O–H groups in total. The fraction of sp³-hybridized carbons (Fsp3) is 0.286. The standard InChI is InChI=1S/C14H14N2O/c17-10-13-8-4-7-12-9-15-14(16(12)13)11-5-2-1-3-6-11/h1-3,5-6,9-10,13H,4,7-8H2. The minimum Gasteiger partial charge on any atom is -0.318 e. The van der Waals surface area contributed by atoms with Crippen LogP contribution in [0.5, 0.6) is 0 Å². The summed E-state index contributed by atoms with van der Waals surface area (Å²) in [6, 6.07) is 10.0. The summed E-state index contributed by atoms with van der Waals surface area (Å²) in [5.74, 6) is 0.914. The Hall–Kier alpha value is -1.90. The molecule has 2 heterocycles. The Balaban J connectivity index is 2.13. The summed E-state index contributed by atoms with van der Waals surface area (Å²) < 4.78 is 2.09. The van der Waals surface area contributed by atoms with Gasteiger partial charge in [0, 0.05) is 17.5 Å². The molecule has 3 heteroatoms. The molecule has 0 saturated heterocycles. The van der Waals surface area contributed by atoms with E-state index in [9.17, 15) is 4.79 Å². The van der Waals surface area contributed by atoms with Gasteiger partial charge in [0.1, 0.15) is 12.1 Å². The first-order valence-electron chi connectivity index (χ1n) is 5.97. The van der Waals surface area contributed by atoms with Crippen LogP contribution in [-0.2, 0) is 11.2 Å². The third-order valence-corrected chi connectivity index (χ3v) is 3.33. The van der Waals surface area contributed by atoms with Crippen molar-refractivity contribution in [1.82, 2.24) is 9.55 Å². The molecule has 17 heavy (non-hydrogen) atoms. The zero-order valence-corrected chi connectivity index (χ0v) is 9.54. The smallest absolute Gasteiger partial charge is 0.142 e. The normalized spacial score (nSPS) is 18.7. The summed E-state index contributed by atoms with van der Waals surface area (Å²) in [6.45, 7) is 0. The molecule has 3 rings (SSSR count). The number of fused-ring (bicyclic) bond motifs is 1. The zero-order chi connectivity index (χ0) is 11.7. The lowest BCUT2D eigenvalue weighted by atomic mass is 10.0. The number of nitrogens with zero attached hydrogens (tertiary/aromatic N) is 2. The third kappa shape index (κ3) is 1.68. The molecule has 0 fully saturated rings. The lowest BCUT2D eigenvalue weighted by molar-refractivity contribution is -0.110. The molecule has 0 saturated carbocycles. The van der Waals surface area contributed by atoms with Crippen LogP contribution in [0.4, 0.5) is 0 Å². The number of hydrogen-bond donors (Lipinski definition) is 0. The highest BCUT2D eigenvalue weighted by Crippen LogP contribution is 2.29. The van der Waals surface area contributed by atoms with Gasteiger partial charge in [-0.15, -0.1) is 0 Å². The van der Waals surface area contributed by atoms with Gasteiger partial charge in [0.25, 0.3) is 0 Å². The average Bonchev–Trinajstić information content (AvgIpc) is 2.83. The van der Waals surface area contributed by atoms with E-state index >= 15 is 0 Å². The first-order valence-corrected chi connectivity index (χ1v) is 5.97. The first kappa shape index (κ1) is 10.3. The molecule has 0 bridgehead atoms. The van der Waals surface area contributed by atoms with Crippen molar-refractivity contribution in [3.63, 3.8) is 0 Å². The van der Waals surface area contributed by atoms with Gasteiger partial charge >= 0.3 is 0 Å². The van der Waals surface area contributed by atoms with Gasteiger partial charge in [0.05, 0.1) is 6.04 Å². The number of benzene rings is 1. The van der Waals surface area contributed by atoms with Crippen molar-refractivity contribution >= 4 is 6.29 Å². The number of carbonyl (C=O) groups excluding carboxylic acids is 1. The molecule has 1 aromatic heterocycles. The van der Waals surface area contributed by atoms with E-state index in [2.05, 4.69) is 9.55 Å². The Kier molecular flexibility index (Phi) is 2.52. The van der Waals surface area contributed by atoms with Gasteiger partial charge in [-0.1, -0.05) is 30.3 Å². The lowest BCUT2D eigenvalue weighted by Gasteiger charge is -2.22. The van der Waals surface area contributed by atoms with Crippen molar-refractivity contribution < 1.29 is 4.79 Å². The van der Waals surface area contributed by atoms with Gasteiger partial charge in [-0.05, 0) is 19.3 Å². The SMILES string of the molecule is O=CC1CCCc2cnc(-c3ccccc3)n21. The fourth-order valence-corrected chi connectivity index (χ4v) is 2.50. The Bertz CT molecular complexity index is 530. The molecule has 1 unspecified atom stereocenters. The van der Waals surface area contributed by atoms with E-state index < -0.39 is 0 Å². The molecule has 1 atom stereocenters. The highest BCUT2D eigenvalue weighted by atomic mass is 16.1. The van der Waals surface area contributed by atoms with Gasteiger partial charge < -0.3 is 9.36 Å². The monoisotopic (exact) mass is 226 g/mol. The van der Waals surface area contributed by atoms with Crippen LogP contribution in [0.15, 0.2) is 36.5 Å². The molecule has 1 aliphatic heterocycles. The van der Waals surface area contributed by atoms with E-state index in [0.717, 1.165) is 36.9 Å². The summed E-state index contributed by atoms with van der Waals surface area (Å²) in [5.41, 5.74) is 2.25. The zero-order valence-electron chi connectivity index (χ0n) is 9.54. The van der Waals surface area contributed by atoms with Crippen molar-refractivity contribution in [3.8, 4) is 11.4 Å². The number of carbonyl (C=O) groups is 1. The second-order valence-electron chi connectivity index (χ2n) is 4.40. The highest BCUT2D eigenvalue weighted by molar-refractivity contribution is 5.62. The van der Waals surface area contributed by atoms with E-state index in [4.69, 9.17) is 0 Å². The van der Waals surface area contributed by atoms with Crippen LogP contribution < -0.4 is 0 Å². The minimum atomic E-state index is -0.0449. The lowest BCUT2D eigenvalue weighted by Crippen LogP contribution is -2.19. The molecule has 0 radical (unpaired) electrons. The number of aromatic nitrogens is 2. The third-order valence-electron chi connectivity index (χ3n) is 3.33. The largest absolute Gasteiger partial charge is 0.318 e. The van der Waals surface area contributed by atoms with Crippen LogP contribution >= 0.6 is 0 Å². The molecule has 0 amide bonds. The summed E-state index contributed by atoms with van der Waals surface area (Å²) in [6.07, 6.45) is 5.95. The molecule has 0 spiro atoms. The second-order valence-corrected chi connectivity index (χ2v) is 4.40. The summed E-state index contributed by atoms with van der Waals surface area (Å²) in [7, 11) is 0. The maximum absolute atomic E-state index is 11.2. The summed E-state index contributed by atoms with van der Waals surface area (Å²) in [4.78, 5) is 15.6. The van der Waals surface area contributed by atoms with E-state index in [1.807, 2.05) is 36.5 Å². The van der Waals surface area contributed by atoms with E-state index in [1.165, 1.54) is 5.69 Å². The topological polar surface area (TPSA) is 34.9 Å². The van der Waals surface area contributed by atoms with E-state index in [1.54, 1.807) is 0 Å². The van der Waals surface area contributed by atoms with Gasteiger partial charge in [-0.25, -0.2) is 4.98 Å². The molecule has 86 valence electrons. The molecule has 0 aliphatic carbocycles. The maximum Gasteiger partial charge on any atom is 0.142 e. The van der Waals surface area contributed by atoms with Crippen molar-refractivity contribution in [2.45, 2.75) is 25.3 Å². The number of rotatable bonds is 2. The Labute approximate surface area is 100 Å². The van der Waals surface area contributed by atoms with Gasteiger partial charge in [-0.3, -0.25) is 0 Å². The van der Waals surface area contributed by atoms with Crippen LogP contribution in [0.2, 0.25) is 0 Å². The Morgan fingerprint density at radius 2 is 2.12 bits per heavy atom. The Morgan fingerprint density at radius 3 is 2.88 bits per heavy atom. The predicted octanol–water partition coefficient (Wildman–Crippen LogP) is 2.63. The van der Waals surface area contributed by atoms with Gasteiger partial charge in [0.2, 0.25) is 0 Å². The van der Waals surface area contributed by atoms with Crippen LogP contribution in [0.3, 0.4) is 0 Å². The summed E-state index contributed by atoms with van der Waals surface area (Å²) in [5, 5.41) is 0. The second kappa shape index (κ2) is 4.17. The molecular formula is C14H14N2O. The van der Waals surface area contributed by atoms with Gasteiger partial charge in [0.15, 0.2) is 0 Å². The van der Waals surface area contributed by atoms with Crippen LogP contribution in [-0.4, -0.2) is 15.8 Å². The van der Waals surface area contributed by atoms with Gasteiger partial charge in [-0.2, -0.15) is 0 Å². The quantitative estimate of drug-likeness (QED) is 0.738. The number of imidazole rings is 1. The maximum atomic E-state index is 11.2. The molecule has 1 aliphatic rings. The van der Waals surface area contributed by atoms with Crippen LogP contribution in [0.25, 0.3) is 11.4 Å². The van der Waals surface area contributed by atoms with E-state index in [-0.39, 0.29) is 6.04 Å². The van der Waals surface area contributed by atoms with Crippen molar-refractivity contribution in [3.05, 3.63) is 42.2 Å². The first-order chi connectivity index (χ1) is 8.40. The van der Waals surface area contributed by atoms with Crippen molar-refractivity contribution in [2.24, 2.45) is 0 Å². The van der Waals surface area contributed by atoms with Crippen LogP contribution in [0.1, 0.15) is 24.6 Å². The van der Waals surface area contributed by atoms with Crippen LogP contribution in [0, 0.1) is 0 Å². The highest BCUT2D eigenvalue weighted by Gasteiger charge is 2.23. The minimum absolute atomic E-state index is 0.0449. The number of aldehydes is 1. The van der Waals surface area contributed by atoms with E-state index in [0.29, 0.717) is 0 Å². The van der Waals surface area contributed by atoms with Crippen molar-refractivity contribution in [1.29, 1.82) is 0 Å². The predicted molar refractivity (Wildman–Crippen MR) is 65.7 cm³/mol. The molecular weight excluding hydrogens is 212 g/mol. The summed E-state index contributed by atoms with van der Waals surface area (Å²) >= 11 is 0. The molecule has 2 aromatic rings. The number of aryl methyl sites for hydroxylation is 1. The average molecular weight is 226 g/mol. The molecule has 1 aromatic carbocycles. The Morgan fingerprint density at radius 1 is 1.29 bits per heavy atom. The van der Waals surface area contributed by atoms with Crippen molar-refractivity contribution in [2.75, 3.05) is 0 Å². The number of hydrogen-bond acceptors (Lipinski definition) is 2. The fourth-order valence-electron chi connectivity index (χ4n) is 2.50.